The van der Waals surface area contributed by atoms with Crippen LogP contribution in [-0.4, -0.2) is 30.6 Å². The molecule has 2 rings (SSSR count). The Morgan fingerprint density at radius 1 is 1.08 bits per heavy atom. The maximum Gasteiger partial charge on any atom is 0.262 e. The predicted molar refractivity (Wildman–Crippen MR) is 102 cm³/mol. The van der Waals surface area contributed by atoms with Crippen molar-refractivity contribution in [2.45, 2.75) is 33.6 Å². The Kier molecular flexibility index (Phi) is 7.26. The molecule has 0 atom stereocenters. The molecule has 0 spiro atoms. The highest BCUT2D eigenvalue weighted by Crippen LogP contribution is 2.15. The van der Waals surface area contributed by atoms with Crippen LogP contribution in [0.15, 0.2) is 42.6 Å². The van der Waals surface area contributed by atoms with Crippen molar-refractivity contribution in [1.29, 1.82) is 0 Å². The summed E-state index contributed by atoms with van der Waals surface area (Å²) in [5.74, 6) is 1.43. The second kappa shape index (κ2) is 9.67. The van der Waals surface area contributed by atoms with Gasteiger partial charge in [0.1, 0.15) is 11.6 Å². The normalized spacial score (nSPS) is 10.4. The quantitative estimate of drug-likeness (QED) is 0.748. The number of carbonyl (C=O) groups is 1. The van der Waals surface area contributed by atoms with Crippen LogP contribution in [0.25, 0.3) is 0 Å². The maximum absolute atomic E-state index is 12.0. The van der Waals surface area contributed by atoms with E-state index in [0.717, 1.165) is 37.3 Å². The Hall–Kier alpha value is -2.56. The summed E-state index contributed by atoms with van der Waals surface area (Å²) in [5, 5.41) is 2.81. The molecule has 1 aromatic heterocycles. The van der Waals surface area contributed by atoms with Gasteiger partial charge in [0.25, 0.3) is 5.91 Å². The number of nitrogens with one attached hydrogen (secondary N) is 1. The smallest absolute Gasteiger partial charge is 0.262 e. The number of benzene rings is 1. The Morgan fingerprint density at radius 2 is 1.76 bits per heavy atom. The molecule has 0 saturated carbocycles. The molecule has 0 radical (unpaired) electrons. The molecule has 0 fully saturated rings. The molecule has 5 heteroatoms. The summed E-state index contributed by atoms with van der Waals surface area (Å²) in [6.45, 7) is 8.27. The first-order valence-electron chi connectivity index (χ1n) is 8.82. The van der Waals surface area contributed by atoms with Gasteiger partial charge in [-0.2, -0.15) is 0 Å². The number of rotatable bonds is 9. The van der Waals surface area contributed by atoms with Gasteiger partial charge in [0.2, 0.25) is 0 Å². The number of pyridine rings is 1. The highest BCUT2D eigenvalue weighted by atomic mass is 16.5. The number of nitrogens with zero attached hydrogens (tertiary/aromatic N) is 2. The predicted octanol–water partition coefficient (Wildman–Crippen LogP) is 4.03. The number of amides is 1. The van der Waals surface area contributed by atoms with Gasteiger partial charge in [-0.1, -0.05) is 31.5 Å². The first-order chi connectivity index (χ1) is 12.1. The third kappa shape index (κ3) is 6.10. The minimum Gasteiger partial charge on any atom is -0.484 e. The van der Waals surface area contributed by atoms with Gasteiger partial charge in [0.05, 0.1) is 11.9 Å². The Balaban J connectivity index is 1.87. The van der Waals surface area contributed by atoms with E-state index in [2.05, 4.69) is 29.0 Å². The van der Waals surface area contributed by atoms with Crippen molar-refractivity contribution >= 4 is 17.4 Å². The lowest BCUT2D eigenvalue weighted by Gasteiger charge is -2.22. The average molecular weight is 341 g/mol. The topological polar surface area (TPSA) is 54.5 Å². The first kappa shape index (κ1) is 18.8. The zero-order valence-corrected chi connectivity index (χ0v) is 15.3. The Bertz CT molecular complexity index is 648. The van der Waals surface area contributed by atoms with Crippen molar-refractivity contribution in [1.82, 2.24) is 4.98 Å². The summed E-state index contributed by atoms with van der Waals surface area (Å²) in [7, 11) is 0. The van der Waals surface area contributed by atoms with E-state index in [1.54, 1.807) is 6.20 Å². The van der Waals surface area contributed by atoms with E-state index < -0.39 is 0 Å². The van der Waals surface area contributed by atoms with Gasteiger partial charge in [-0.15, -0.1) is 0 Å². The van der Waals surface area contributed by atoms with E-state index in [1.807, 2.05) is 43.3 Å². The van der Waals surface area contributed by atoms with E-state index in [1.165, 1.54) is 0 Å². The Morgan fingerprint density at radius 3 is 2.32 bits per heavy atom. The van der Waals surface area contributed by atoms with Crippen molar-refractivity contribution in [2.75, 3.05) is 29.9 Å². The van der Waals surface area contributed by atoms with Crippen LogP contribution in [0, 0.1) is 6.92 Å². The monoisotopic (exact) mass is 341 g/mol. The summed E-state index contributed by atoms with van der Waals surface area (Å²) < 4.78 is 5.48. The number of aromatic nitrogens is 1. The minimum atomic E-state index is -0.200. The van der Waals surface area contributed by atoms with Crippen LogP contribution < -0.4 is 15.0 Å². The molecule has 1 amide bonds. The number of hydrogen-bond acceptors (Lipinski definition) is 4. The minimum absolute atomic E-state index is 0.0252. The lowest BCUT2D eigenvalue weighted by Crippen LogP contribution is -2.26. The number of anilines is 2. The van der Waals surface area contributed by atoms with Crippen LogP contribution in [0.3, 0.4) is 0 Å². The Labute approximate surface area is 150 Å². The third-order valence-electron chi connectivity index (χ3n) is 3.73. The van der Waals surface area contributed by atoms with E-state index in [9.17, 15) is 4.79 Å². The first-order valence-corrected chi connectivity index (χ1v) is 8.82. The molecule has 0 saturated heterocycles. The molecule has 1 aromatic carbocycles. The lowest BCUT2D eigenvalue weighted by molar-refractivity contribution is -0.118. The van der Waals surface area contributed by atoms with Gasteiger partial charge < -0.3 is 15.0 Å². The van der Waals surface area contributed by atoms with Crippen molar-refractivity contribution in [3.8, 4) is 5.75 Å². The van der Waals surface area contributed by atoms with Crippen molar-refractivity contribution < 1.29 is 9.53 Å². The molecule has 0 aliphatic rings. The van der Waals surface area contributed by atoms with Crippen molar-refractivity contribution in [3.63, 3.8) is 0 Å². The molecule has 1 N–H and O–H groups in total. The van der Waals surface area contributed by atoms with Gasteiger partial charge in [-0.05, 0) is 44.0 Å². The molecule has 0 unspecified atom stereocenters. The summed E-state index contributed by atoms with van der Waals surface area (Å²) in [5.41, 5.74) is 1.83. The number of aryl methyl sites for hydroxylation is 1. The van der Waals surface area contributed by atoms with Gasteiger partial charge in [0, 0.05) is 13.1 Å². The van der Waals surface area contributed by atoms with E-state index in [-0.39, 0.29) is 12.5 Å². The molecular formula is C20H27N3O2. The summed E-state index contributed by atoms with van der Waals surface area (Å²) in [6.07, 6.45) is 3.85. The number of hydrogen-bond donors (Lipinski definition) is 1. The van der Waals surface area contributed by atoms with Crippen LogP contribution >= 0.6 is 0 Å². The molecule has 25 heavy (non-hydrogen) atoms. The van der Waals surface area contributed by atoms with Crippen molar-refractivity contribution in [2.24, 2.45) is 0 Å². The zero-order valence-electron chi connectivity index (χ0n) is 15.3. The van der Waals surface area contributed by atoms with Crippen LogP contribution in [0.5, 0.6) is 5.75 Å². The molecule has 1 heterocycles. The highest BCUT2D eigenvalue weighted by molar-refractivity contribution is 5.91. The molecule has 5 nitrogen and oxygen atoms in total. The summed E-state index contributed by atoms with van der Waals surface area (Å²) in [6, 6.07) is 11.4. The molecule has 2 aromatic rings. The second-order valence-corrected chi connectivity index (χ2v) is 6.04. The lowest BCUT2D eigenvalue weighted by atomic mass is 10.2. The third-order valence-corrected chi connectivity index (χ3v) is 3.73. The fraction of sp³-hybridized carbons (Fsp3) is 0.400. The highest BCUT2D eigenvalue weighted by Gasteiger charge is 2.08. The van der Waals surface area contributed by atoms with E-state index in [0.29, 0.717) is 11.4 Å². The molecule has 134 valence electrons. The van der Waals surface area contributed by atoms with Gasteiger partial charge >= 0.3 is 0 Å². The van der Waals surface area contributed by atoms with E-state index in [4.69, 9.17) is 4.74 Å². The molecule has 0 aliphatic carbocycles. The van der Waals surface area contributed by atoms with Crippen LogP contribution in [0.4, 0.5) is 11.5 Å². The standard InChI is InChI=1S/C20H27N3O2/c1-4-12-23(13-5-2)19-11-8-17(14-21-19)22-20(24)15-25-18-9-6-16(3)7-10-18/h6-11,14H,4-5,12-13,15H2,1-3H3,(H,22,24). The number of ether oxygens (including phenoxy) is 1. The summed E-state index contributed by atoms with van der Waals surface area (Å²) in [4.78, 5) is 18.7. The van der Waals surface area contributed by atoms with E-state index >= 15 is 0 Å². The zero-order chi connectivity index (χ0) is 18.1. The molecular weight excluding hydrogens is 314 g/mol. The van der Waals surface area contributed by atoms with Gasteiger partial charge in [-0.3, -0.25) is 4.79 Å². The largest absolute Gasteiger partial charge is 0.484 e. The fourth-order valence-corrected chi connectivity index (χ4v) is 2.51. The maximum atomic E-state index is 12.0. The van der Waals surface area contributed by atoms with Gasteiger partial charge in [0.15, 0.2) is 6.61 Å². The van der Waals surface area contributed by atoms with Crippen molar-refractivity contribution in [3.05, 3.63) is 48.2 Å². The average Bonchev–Trinajstić information content (AvgIpc) is 2.62. The molecule has 0 bridgehead atoms. The number of carbonyl (C=O) groups excluding carboxylic acids is 1. The molecule has 0 aliphatic heterocycles. The van der Waals surface area contributed by atoms with Crippen LogP contribution in [-0.2, 0) is 4.79 Å². The second-order valence-electron chi connectivity index (χ2n) is 6.04. The fourth-order valence-electron chi connectivity index (χ4n) is 2.51. The van der Waals surface area contributed by atoms with Crippen LogP contribution in [0.2, 0.25) is 0 Å². The SMILES string of the molecule is CCCN(CCC)c1ccc(NC(=O)COc2ccc(C)cc2)cn1. The van der Waals surface area contributed by atoms with Crippen LogP contribution in [0.1, 0.15) is 32.3 Å². The summed E-state index contributed by atoms with van der Waals surface area (Å²) >= 11 is 0. The van der Waals surface area contributed by atoms with Gasteiger partial charge in [-0.25, -0.2) is 4.98 Å².